The number of aromatic nitrogens is 2. The summed E-state index contributed by atoms with van der Waals surface area (Å²) in [4.78, 5) is 9.39. The van der Waals surface area contributed by atoms with Crippen LogP contribution >= 0.6 is 34.2 Å². The standard InChI is InChI=1S/C17H18ClIN2/c1-10-7-8-13(11(2)9-10)17-20-15(12-5-3-4-6-12)14(19)16(18)21-17/h7-9,12H,3-6H2,1-2H3. The topological polar surface area (TPSA) is 25.8 Å². The third-order valence-corrected chi connectivity index (χ3v) is 5.86. The molecule has 1 aromatic heterocycles. The Morgan fingerprint density at radius 2 is 1.86 bits per heavy atom. The van der Waals surface area contributed by atoms with E-state index in [9.17, 15) is 0 Å². The SMILES string of the molecule is Cc1ccc(-c2nc(Cl)c(I)c(C3CCCC3)n2)c(C)c1. The molecule has 1 aliphatic carbocycles. The average molecular weight is 413 g/mol. The van der Waals surface area contributed by atoms with Gasteiger partial charge in [-0.1, -0.05) is 48.2 Å². The zero-order valence-electron chi connectivity index (χ0n) is 12.3. The summed E-state index contributed by atoms with van der Waals surface area (Å²) in [6.07, 6.45) is 5.02. The molecule has 0 bridgehead atoms. The van der Waals surface area contributed by atoms with Crippen molar-refractivity contribution in [2.24, 2.45) is 0 Å². The first-order chi connectivity index (χ1) is 10.1. The fraction of sp³-hybridized carbons (Fsp3) is 0.412. The molecule has 2 aromatic rings. The highest BCUT2D eigenvalue weighted by Crippen LogP contribution is 2.38. The van der Waals surface area contributed by atoms with Crippen LogP contribution in [0.3, 0.4) is 0 Å². The van der Waals surface area contributed by atoms with Crippen LogP contribution in [0, 0.1) is 17.4 Å². The van der Waals surface area contributed by atoms with Gasteiger partial charge in [-0.2, -0.15) is 0 Å². The van der Waals surface area contributed by atoms with Crippen LogP contribution in [0.1, 0.15) is 48.4 Å². The minimum Gasteiger partial charge on any atom is -0.232 e. The second-order valence-electron chi connectivity index (χ2n) is 5.84. The zero-order valence-corrected chi connectivity index (χ0v) is 15.2. The quantitative estimate of drug-likeness (QED) is 0.469. The first-order valence-electron chi connectivity index (χ1n) is 7.37. The molecule has 0 spiro atoms. The molecule has 0 radical (unpaired) electrons. The van der Waals surface area contributed by atoms with Gasteiger partial charge in [-0.15, -0.1) is 0 Å². The van der Waals surface area contributed by atoms with Gasteiger partial charge < -0.3 is 0 Å². The average Bonchev–Trinajstić information content (AvgIpc) is 2.96. The molecular formula is C17H18ClIN2. The van der Waals surface area contributed by atoms with Crippen molar-refractivity contribution < 1.29 is 0 Å². The van der Waals surface area contributed by atoms with E-state index < -0.39 is 0 Å². The Kier molecular flexibility index (Phi) is 4.50. The molecule has 2 nitrogen and oxygen atoms in total. The van der Waals surface area contributed by atoms with E-state index in [0.29, 0.717) is 11.1 Å². The van der Waals surface area contributed by atoms with Gasteiger partial charge in [-0.25, -0.2) is 9.97 Å². The van der Waals surface area contributed by atoms with E-state index in [4.69, 9.17) is 16.6 Å². The summed E-state index contributed by atoms with van der Waals surface area (Å²) in [5.74, 6) is 1.31. The van der Waals surface area contributed by atoms with E-state index in [1.54, 1.807) is 0 Å². The van der Waals surface area contributed by atoms with Gasteiger partial charge in [0, 0.05) is 11.5 Å². The van der Waals surface area contributed by atoms with Crippen molar-refractivity contribution in [2.75, 3.05) is 0 Å². The van der Waals surface area contributed by atoms with Crippen LogP contribution < -0.4 is 0 Å². The van der Waals surface area contributed by atoms with Crippen LogP contribution in [0.25, 0.3) is 11.4 Å². The normalized spacial score (nSPS) is 15.6. The van der Waals surface area contributed by atoms with Crippen molar-refractivity contribution in [1.29, 1.82) is 0 Å². The molecule has 0 unspecified atom stereocenters. The Labute approximate surface area is 144 Å². The van der Waals surface area contributed by atoms with Crippen molar-refractivity contribution in [3.8, 4) is 11.4 Å². The van der Waals surface area contributed by atoms with Gasteiger partial charge >= 0.3 is 0 Å². The van der Waals surface area contributed by atoms with Crippen molar-refractivity contribution >= 4 is 34.2 Å². The molecule has 0 N–H and O–H groups in total. The van der Waals surface area contributed by atoms with Gasteiger partial charge in [0.15, 0.2) is 5.82 Å². The highest BCUT2D eigenvalue weighted by Gasteiger charge is 2.24. The van der Waals surface area contributed by atoms with Gasteiger partial charge in [0.1, 0.15) is 5.15 Å². The second-order valence-corrected chi connectivity index (χ2v) is 7.27. The minimum absolute atomic E-state index is 0.543. The maximum atomic E-state index is 6.37. The Morgan fingerprint density at radius 1 is 1.14 bits per heavy atom. The predicted octanol–water partition coefficient (Wildman–Crippen LogP) is 5.68. The van der Waals surface area contributed by atoms with Crippen molar-refractivity contribution in [3.63, 3.8) is 0 Å². The Hall–Kier alpha value is -0.680. The molecule has 1 aromatic carbocycles. The number of nitrogens with zero attached hydrogens (tertiary/aromatic N) is 2. The Balaban J connectivity index is 2.10. The first-order valence-corrected chi connectivity index (χ1v) is 8.82. The molecule has 1 heterocycles. The van der Waals surface area contributed by atoms with Crippen LogP contribution in [-0.2, 0) is 0 Å². The molecule has 1 fully saturated rings. The van der Waals surface area contributed by atoms with Crippen LogP contribution in [-0.4, -0.2) is 9.97 Å². The highest BCUT2D eigenvalue weighted by atomic mass is 127. The monoisotopic (exact) mass is 412 g/mol. The molecule has 0 aliphatic heterocycles. The maximum absolute atomic E-state index is 6.37. The lowest BCUT2D eigenvalue weighted by Gasteiger charge is -2.14. The molecule has 21 heavy (non-hydrogen) atoms. The lowest BCUT2D eigenvalue weighted by Crippen LogP contribution is -2.05. The summed E-state index contributed by atoms with van der Waals surface area (Å²) in [6.45, 7) is 4.20. The number of halogens is 2. The number of aryl methyl sites for hydroxylation is 2. The first kappa shape index (κ1) is 15.2. The predicted molar refractivity (Wildman–Crippen MR) is 95.9 cm³/mol. The van der Waals surface area contributed by atoms with Crippen LogP contribution in [0.15, 0.2) is 18.2 Å². The summed E-state index contributed by atoms with van der Waals surface area (Å²) in [7, 11) is 0. The van der Waals surface area contributed by atoms with Gasteiger partial charge in [0.25, 0.3) is 0 Å². The molecule has 0 saturated heterocycles. The second kappa shape index (κ2) is 6.21. The molecule has 110 valence electrons. The van der Waals surface area contributed by atoms with Crippen molar-refractivity contribution in [3.05, 3.63) is 43.7 Å². The molecule has 4 heteroatoms. The fourth-order valence-corrected chi connectivity index (χ4v) is 3.95. The summed E-state index contributed by atoms with van der Waals surface area (Å²) < 4.78 is 1.02. The number of hydrogen-bond donors (Lipinski definition) is 0. The smallest absolute Gasteiger partial charge is 0.161 e. The molecular weight excluding hydrogens is 395 g/mol. The Bertz CT molecular complexity index is 679. The third-order valence-electron chi connectivity index (χ3n) is 4.20. The van der Waals surface area contributed by atoms with E-state index in [1.165, 1.54) is 36.8 Å². The minimum atomic E-state index is 0.543. The van der Waals surface area contributed by atoms with E-state index in [2.05, 4.69) is 59.6 Å². The number of rotatable bonds is 2. The highest BCUT2D eigenvalue weighted by molar-refractivity contribution is 14.1. The van der Waals surface area contributed by atoms with Crippen LogP contribution in [0.2, 0.25) is 5.15 Å². The zero-order chi connectivity index (χ0) is 15.0. The van der Waals surface area contributed by atoms with E-state index in [0.717, 1.165) is 20.7 Å². The fourth-order valence-electron chi connectivity index (χ4n) is 3.09. The maximum Gasteiger partial charge on any atom is 0.161 e. The van der Waals surface area contributed by atoms with Crippen LogP contribution in [0.5, 0.6) is 0 Å². The summed E-state index contributed by atoms with van der Waals surface area (Å²) in [5.41, 5.74) is 4.68. The summed E-state index contributed by atoms with van der Waals surface area (Å²) >= 11 is 8.66. The van der Waals surface area contributed by atoms with Crippen molar-refractivity contribution in [1.82, 2.24) is 9.97 Å². The Morgan fingerprint density at radius 3 is 2.52 bits per heavy atom. The van der Waals surface area contributed by atoms with Crippen LogP contribution in [0.4, 0.5) is 0 Å². The van der Waals surface area contributed by atoms with E-state index in [1.807, 2.05) is 0 Å². The lowest BCUT2D eigenvalue weighted by atomic mass is 10.0. The molecule has 0 atom stereocenters. The number of benzene rings is 1. The third kappa shape index (κ3) is 3.09. The lowest BCUT2D eigenvalue weighted by molar-refractivity contribution is 0.690. The summed E-state index contributed by atoms with van der Waals surface area (Å²) in [5, 5.41) is 0.586. The van der Waals surface area contributed by atoms with E-state index in [-0.39, 0.29) is 0 Å². The molecule has 1 aliphatic rings. The molecule has 1 saturated carbocycles. The summed E-state index contributed by atoms with van der Waals surface area (Å²) in [6, 6.07) is 6.37. The largest absolute Gasteiger partial charge is 0.232 e. The number of hydrogen-bond acceptors (Lipinski definition) is 2. The van der Waals surface area contributed by atoms with Crippen molar-refractivity contribution in [2.45, 2.75) is 45.4 Å². The van der Waals surface area contributed by atoms with Gasteiger partial charge in [0.05, 0.1) is 9.26 Å². The molecule has 0 amide bonds. The van der Waals surface area contributed by atoms with Gasteiger partial charge in [-0.05, 0) is 54.8 Å². The van der Waals surface area contributed by atoms with E-state index >= 15 is 0 Å². The van der Waals surface area contributed by atoms with Gasteiger partial charge in [0.2, 0.25) is 0 Å². The molecule has 3 rings (SSSR count). The van der Waals surface area contributed by atoms with Gasteiger partial charge in [-0.3, -0.25) is 0 Å².